The van der Waals surface area contributed by atoms with Crippen molar-refractivity contribution in [1.29, 1.82) is 0 Å². The van der Waals surface area contributed by atoms with Crippen molar-refractivity contribution in [2.24, 2.45) is 0 Å². The third kappa shape index (κ3) is 7.81. The van der Waals surface area contributed by atoms with Crippen LogP contribution in [-0.4, -0.2) is 84.0 Å². The Morgan fingerprint density at radius 3 is 2.70 bits per heavy atom. The van der Waals surface area contributed by atoms with Gasteiger partial charge in [-0.3, -0.25) is 4.79 Å². The quantitative estimate of drug-likeness (QED) is 0.279. The van der Waals surface area contributed by atoms with Crippen molar-refractivity contribution < 1.29 is 14.3 Å². The molecule has 1 aliphatic rings. The van der Waals surface area contributed by atoms with E-state index < -0.39 is 0 Å². The summed E-state index contributed by atoms with van der Waals surface area (Å²) in [5.74, 6) is 0.773. The number of aromatic nitrogens is 2. The predicted octanol–water partition coefficient (Wildman–Crippen LogP) is 2.00. The summed E-state index contributed by atoms with van der Waals surface area (Å²) in [5.41, 5.74) is -0.282. The summed E-state index contributed by atoms with van der Waals surface area (Å²) in [5, 5.41) is 6.53. The molecule has 0 aliphatic carbocycles. The molecule has 11 heteroatoms. The number of thioether (sulfide) groups is 1. The van der Waals surface area contributed by atoms with E-state index in [4.69, 9.17) is 16.3 Å². The summed E-state index contributed by atoms with van der Waals surface area (Å²) in [7, 11) is 1.58. The zero-order chi connectivity index (χ0) is 22.3. The molecule has 1 atom stereocenters. The number of carbonyl (C=O) groups excluding carboxylic acids is 2. The molecule has 0 spiro atoms. The number of nitrogens with one attached hydrogen (secondary N) is 2. The molecule has 0 saturated carbocycles. The topological polar surface area (TPSA) is 99.7 Å². The Balaban J connectivity index is 1.96. The van der Waals surface area contributed by atoms with E-state index in [1.807, 2.05) is 32.6 Å². The van der Waals surface area contributed by atoms with Crippen molar-refractivity contribution in [3.8, 4) is 0 Å². The van der Waals surface area contributed by atoms with E-state index in [0.29, 0.717) is 48.9 Å². The van der Waals surface area contributed by atoms with E-state index in [2.05, 4.69) is 25.5 Å². The number of hydrogen-bond acceptors (Lipinski definition) is 7. The second kappa shape index (κ2) is 11.0. The lowest BCUT2D eigenvalue weighted by Crippen LogP contribution is -2.59. The molecule has 0 radical (unpaired) electrons. The molecule has 0 bridgehead atoms. The lowest BCUT2D eigenvalue weighted by atomic mass is 10.1. The summed E-state index contributed by atoms with van der Waals surface area (Å²) in [6, 6.07) is 1.66. The molecule has 1 aromatic heterocycles. The summed E-state index contributed by atoms with van der Waals surface area (Å²) < 4.78 is 4.91. The molecule has 2 heterocycles. The zero-order valence-corrected chi connectivity index (χ0v) is 19.8. The number of rotatable bonds is 7. The standard InChI is InChI=1S/C19H31ClN6O3S/c1-13-11-25(7-8-26(13)18(28)24-19(2,3)4)15-10-14(20)22-17(23-15)30-12-16(27)21-6-9-29-5/h10,13H,6-9,11-12H2,1-5H3,(H,21,27)(H,24,28). The van der Waals surface area contributed by atoms with E-state index in [0.717, 1.165) is 0 Å². The van der Waals surface area contributed by atoms with Crippen LogP contribution < -0.4 is 15.5 Å². The number of amides is 3. The van der Waals surface area contributed by atoms with Gasteiger partial charge >= 0.3 is 6.03 Å². The highest BCUT2D eigenvalue weighted by molar-refractivity contribution is 7.99. The second-order valence-corrected chi connectivity index (χ2v) is 9.46. The SMILES string of the molecule is COCCNC(=O)CSc1nc(Cl)cc(N2CCN(C(=O)NC(C)(C)C)C(C)C2)n1. The van der Waals surface area contributed by atoms with Crippen molar-refractivity contribution in [1.82, 2.24) is 25.5 Å². The molecule has 9 nitrogen and oxygen atoms in total. The minimum Gasteiger partial charge on any atom is -0.383 e. The number of halogens is 1. The normalized spacial score (nSPS) is 17.1. The van der Waals surface area contributed by atoms with Gasteiger partial charge in [0.05, 0.1) is 12.4 Å². The van der Waals surface area contributed by atoms with E-state index in [-0.39, 0.29) is 29.3 Å². The average molecular weight is 459 g/mol. The lowest BCUT2D eigenvalue weighted by molar-refractivity contribution is -0.118. The van der Waals surface area contributed by atoms with Gasteiger partial charge in [0.15, 0.2) is 5.16 Å². The molecular weight excluding hydrogens is 428 g/mol. The molecular formula is C19H31ClN6O3S. The first-order valence-electron chi connectivity index (χ1n) is 9.86. The van der Waals surface area contributed by atoms with E-state index in [9.17, 15) is 9.59 Å². The number of hydrogen-bond donors (Lipinski definition) is 2. The molecule has 2 N–H and O–H groups in total. The number of ether oxygens (including phenoxy) is 1. The first kappa shape index (κ1) is 24.5. The molecule has 2 rings (SSSR count). The predicted molar refractivity (Wildman–Crippen MR) is 119 cm³/mol. The maximum absolute atomic E-state index is 12.5. The number of carbonyl (C=O) groups is 2. The molecule has 1 aliphatic heterocycles. The van der Waals surface area contributed by atoms with Crippen LogP contribution in [0.3, 0.4) is 0 Å². The molecule has 3 amide bonds. The van der Waals surface area contributed by atoms with Gasteiger partial charge in [0, 0.05) is 50.9 Å². The Morgan fingerprint density at radius 1 is 1.33 bits per heavy atom. The number of urea groups is 1. The van der Waals surface area contributed by atoms with Crippen molar-refractivity contribution >= 4 is 41.1 Å². The first-order chi connectivity index (χ1) is 14.1. The fraction of sp³-hybridized carbons (Fsp3) is 0.684. The summed E-state index contributed by atoms with van der Waals surface area (Å²) in [6.07, 6.45) is 0. The van der Waals surface area contributed by atoms with E-state index >= 15 is 0 Å². The highest BCUT2D eigenvalue weighted by atomic mass is 35.5. The second-order valence-electron chi connectivity index (χ2n) is 8.13. The van der Waals surface area contributed by atoms with Gasteiger partial charge in [0.25, 0.3) is 0 Å². The fourth-order valence-corrected chi connectivity index (χ4v) is 3.86. The molecule has 1 fully saturated rings. The highest BCUT2D eigenvalue weighted by Crippen LogP contribution is 2.24. The first-order valence-corrected chi connectivity index (χ1v) is 11.2. The average Bonchev–Trinajstić information content (AvgIpc) is 2.64. The number of nitrogens with zero attached hydrogens (tertiary/aromatic N) is 4. The third-order valence-electron chi connectivity index (χ3n) is 4.32. The van der Waals surface area contributed by atoms with Crippen LogP contribution in [0.4, 0.5) is 10.6 Å². The molecule has 168 valence electrons. The van der Waals surface area contributed by atoms with Gasteiger partial charge in [0.1, 0.15) is 11.0 Å². The Hall–Kier alpha value is -1.78. The van der Waals surface area contributed by atoms with Crippen molar-refractivity contribution in [2.75, 3.05) is 50.5 Å². The van der Waals surface area contributed by atoms with Crippen molar-refractivity contribution in [3.63, 3.8) is 0 Å². The zero-order valence-electron chi connectivity index (χ0n) is 18.2. The van der Waals surface area contributed by atoms with Gasteiger partial charge in [-0.05, 0) is 27.7 Å². The van der Waals surface area contributed by atoms with Gasteiger partial charge in [-0.2, -0.15) is 0 Å². The van der Waals surface area contributed by atoms with Crippen LogP contribution in [0.2, 0.25) is 5.15 Å². The largest absolute Gasteiger partial charge is 0.383 e. The maximum Gasteiger partial charge on any atom is 0.318 e. The molecule has 0 aromatic carbocycles. The van der Waals surface area contributed by atoms with Gasteiger partial charge in [0.2, 0.25) is 5.91 Å². The number of methoxy groups -OCH3 is 1. The minimum atomic E-state index is -0.282. The summed E-state index contributed by atoms with van der Waals surface area (Å²) >= 11 is 7.42. The van der Waals surface area contributed by atoms with Gasteiger partial charge in [-0.1, -0.05) is 23.4 Å². The monoisotopic (exact) mass is 458 g/mol. The highest BCUT2D eigenvalue weighted by Gasteiger charge is 2.30. The number of anilines is 1. The van der Waals surface area contributed by atoms with Crippen LogP contribution in [0.5, 0.6) is 0 Å². The van der Waals surface area contributed by atoms with Crippen LogP contribution in [-0.2, 0) is 9.53 Å². The fourth-order valence-electron chi connectivity index (χ4n) is 2.95. The summed E-state index contributed by atoms with van der Waals surface area (Å²) in [6.45, 7) is 10.7. The molecule has 1 aromatic rings. The third-order valence-corrected chi connectivity index (χ3v) is 5.36. The van der Waals surface area contributed by atoms with E-state index in [1.165, 1.54) is 11.8 Å². The van der Waals surface area contributed by atoms with Gasteiger partial charge in [-0.15, -0.1) is 0 Å². The van der Waals surface area contributed by atoms with Crippen LogP contribution in [0.25, 0.3) is 0 Å². The maximum atomic E-state index is 12.5. The molecule has 1 unspecified atom stereocenters. The van der Waals surface area contributed by atoms with Crippen LogP contribution in [0.1, 0.15) is 27.7 Å². The van der Waals surface area contributed by atoms with Crippen LogP contribution in [0.15, 0.2) is 11.2 Å². The van der Waals surface area contributed by atoms with Crippen molar-refractivity contribution in [2.45, 2.75) is 44.4 Å². The number of piperazine rings is 1. The van der Waals surface area contributed by atoms with Gasteiger partial charge < -0.3 is 25.2 Å². The summed E-state index contributed by atoms with van der Waals surface area (Å²) in [4.78, 5) is 37.1. The van der Waals surface area contributed by atoms with E-state index in [1.54, 1.807) is 13.2 Å². The minimum absolute atomic E-state index is 0.0116. The van der Waals surface area contributed by atoms with Crippen LogP contribution in [0, 0.1) is 0 Å². The smallest absolute Gasteiger partial charge is 0.318 e. The lowest BCUT2D eigenvalue weighted by Gasteiger charge is -2.41. The van der Waals surface area contributed by atoms with Crippen molar-refractivity contribution in [3.05, 3.63) is 11.2 Å². The van der Waals surface area contributed by atoms with Crippen LogP contribution >= 0.6 is 23.4 Å². The Bertz CT molecular complexity index is 745. The molecule has 30 heavy (non-hydrogen) atoms. The van der Waals surface area contributed by atoms with Gasteiger partial charge in [-0.25, -0.2) is 14.8 Å². The Labute approximate surface area is 187 Å². The Morgan fingerprint density at radius 2 is 2.07 bits per heavy atom. The Kier molecular flexibility index (Phi) is 8.99. The molecule has 1 saturated heterocycles.